The number of carbonyl (C=O) groups is 2. The maximum absolute atomic E-state index is 12.2. The lowest BCUT2D eigenvalue weighted by atomic mass is 10.00. The molecule has 1 aliphatic heterocycles. The summed E-state index contributed by atoms with van der Waals surface area (Å²) in [5.74, 6) is 1.51. The first kappa shape index (κ1) is 35.3. The first-order valence-corrected chi connectivity index (χ1v) is 15.3. The molecule has 0 aromatic rings. The van der Waals surface area contributed by atoms with E-state index in [0.717, 1.165) is 83.1 Å². The van der Waals surface area contributed by atoms with Gasteiger partial charge in [-0.15, -0.1) is 0 Å². The number of hydrogen-bond donors (Lipinski definition) is 1. The lowest BCUT2D eigenvalue weighted by Crippen LogP contribution is -2.33. The molecular weight excluding hydrogens is 484 g/mol. The van der Waals surface area contributed by atoms with Crippen LogP contribution in [-0.2, 0) is 14.3 Å². The van der Waals surface area contributed by atoms with Crippen molar-refractivity contribution in [2.24, 2.45) is 5.92 Å². The van der Waals surface area contributed by atoms with Gasteiger partial charge < -0.3 is 19.6 Å². The van der Waals surface area contributed by atoms with Crippen molar-refractivity contribution in [1.82, 2.24) is 9.62 Å². The highest BCUT2D eigenvalue weighted by molar-refractivity contribution is 8.01. The van der Waals surface area contributed by atoms with E-state index in [1.54, 1.807) is 0 Å². The van der Waals surface area contributed by atoms with Crippen LogP contribution in [0, 0.1) is 5.92 Å². The van der Waals surface area contributed by atoms with Gasteiger partial charge in [-0.05, 0) is 82.2 Å². The second-order valence-corrected chi connectivity index (χ2v) is 10.2. The molecule has 37 heavy (non-hydrogen) atoms. The molecule has 0 saturated carbocycles. The molecule has 0 fully saturated rings. The quantitative estimate of drug-likeness (QED) is 0.145. The molecule has 1 aliphatic carbocycles. The minimum atomic E-state index is -0.284. The minimum Gasteiger partial charge on any atom is -0.498 e. The number of alkyl carbamates (subject to hydrolysis) is 1. The molecule has 1 heterocycles. The van der Waals surface area contributed by atoms with Crippen LogP contribution in [0.1, 0.15) is 106 Å². The topological polar surface area (TPSA) is 67.9 Å². The average molecular weight is 539 g/mol. The lowest BCUT2D eigenvalue weighted by Gasteiger charge is -2.24. The summed E-state index contributed by atoms with van der Waals surface area (Å²) in [4.78, 5) is 22.3. The number of allylic oxidation sites excluding steroid dienone is 5. The van der Waals surface area contributed by atoms with Crippen molar-refractivity contribution in [3.05, 3.63) is 35.0 Å². The number of fused-ring (bicyclic) bond motifs is 1. The van der Waals surface area contributed by atoms with Gasteiger partial charge in [-0.2, -0.15) is 0 Å². The fraction of sp³-hybridized carbons (Fsp3) is 0.733. The highest BCUT2D eigenvalue weighted by atomic mass is 32.2. The molecule has 0 aromatic carbocycles. The first-order valence-electron chi connectivity index (χ1n) is 14.5. The van der Waals surface area contributed by atoms with Crippen molar-refractivity contribution in [3.8, 4) is 0 Å². The third-order valence-electron chi connectivity index (χ3n) is 6.06. The highest BCUT2D eigenvalue weighted by Crippen LogP contribution is 2.30. The second kappa shape index (κ2) is 24.6. The number of amides is 1. The van der Waals surface area contributed by atoms with Gasteiger partial charge in [-0.25, -0.2) is 9.10 Å². The van der Waals surface area contributed by atoms with Crippen LogP contribution < -0.4 is 5.32 Å². The number of nitrogens with zero attached hydrogens (tertiary/aromatic N) is 1. The Labute approximate surface area is 231 Å². The number of aldehydes is 1. The van der Waals surface area contributed by atoms with E-state index < -0.39 is 0 Å². The molecular formula is C30H54N2O4S. The molecule has 0 spiro atoms. The minimum absolute atomic E-state index is 0.00131. The first-order chi connectivity index (χ1) is 18.0. The van der Waals surface area contributed by atoms with E-state index in [1.807, 2.05) is 25.8 Å². The zero-order chi connectivity index (χ0) is 27.7. The molecule has 2 unspecified atom stereocenters. The van der Waals surface area contributed by atoms with E-state index in [4.69, 9.17) is 14.3 Å². The molecule has 0 aromatic heterocycles. The van der Waals surface area contributed by atoms with Crippen molar-refractivity contribution >= 4 is 24.3 Å². The smallest absolute Gasteiger partial charge is 0.407 e. The van der Waals surface area contributed by atoms with Crippen molar-refractivity contribution in [1.29, 1.82) is 0 Å². The third-order valence-corrected chi connectivity index (χ3v) is 7.18. The van der Waals surface area contributed by atoms with Gasteiger partial charge in [0, 0.05) is 31.0 Å². The van der Waals surface area contributed by atoms with Gasteiger partial charge in [0.25, 0.3) is 0 Å². The summed E-state index contributed by atoms with van der Waals surface area (Å²) in [6, 6.07) is 0. The van der Waals surface area contributed by atoms with Crippen LogP contribution in [0.25, 0.3) is 0 Å². The fourth-order valence-corrected chi connectivity index (χ4v) is 4.97. The van der Waals surface area contributed by atoms with Crippen LogP contribution in [0.5, 0.6) is 0 Å². The Bertz CT molecular complexity index is 678. The zero-order valence-electron chi connectivity index (χ0n) is 24.4. The van der Waals surface area contributed by atoms with E-state index in [1.165, 1.54) is 24.7 Å². The Balaban J connectivity index is 0.00000241. The summed E-state index contributed by atoms with van der Waals surface area (Å²) in [6.07, 6.45) is 20.2. The van der Waals surface area contributed by atoms with E-state index in [-0.39, 0.29) is 12.2 Å². The maximum Gasteiger partial charge on any atom is 0.407 e. The second-order valence-electron chi connectivity index (χ2n) is 8.99. The summed E-state index contributed by atoms with van der Waals surface area (Å²) in [5.41, 5.74) is 0. The van der Waals surface area contributed by atoms with Gasteiger partial charge in [-0.3, -0.25) is 0 Å². The molecule has 2 atom stereocenters. The Kier molecular flexibility index (Phi) is 23.4. The van der Waals surface area contributed by atoms with Crippen LogP contribution in [-0.4, -0.2) is 49.0 Å². The molecule has 0 saturated heterocycles. The summed E-state index contributed by atoms with van der Waals surface area (Å²) in [7, 11) is 0. The number of rotatable bonds is 8. The average Bonchev–Trinajstić information content (AvgIpc) is 2.92. The van der Waals surface area contributed by atoms with Crippen LogP contribution >= 0.6 is 11.9 Å². The third kappa shape index (κ3) is 18.2. The number of carbonyl (C=O) groups excluding carboxylic acids is 2. The monoisotopic (exact) mass is 538 g/mol. The predicted molar refractivity (Wildman–Crippen MR) is 158 cm³/mol. The van der Waals surface area contributed by atoms with Crippen LogP contribution in [0.2, 0.25) is 0 Å². The maximum atomic E-state index is 12.2. The van der Waals surface area contributed by atoms with Gasteiger partial charge in [0.1, 0.15) is 12.4 Å². The van der Waals surface area contributed by atoms with Gasteiger partial charge in [0.15, 0.2) is 0 Å². The number of hydrogen-bond acceptors (Lipinski definition) is 6. The molecule has 1 N–H and O–H groups in total. The summed E-state index contributed by atoms with van der Waals surface area (Å²) >= 11 is 1.83. The molecule has 1 amide bonds. The van der Waals surface area contributed by atoms with E-state index in [0.29, 0.717) is 12.5 Å². The zero-order valence-corrected chi connectivity index (χ0v) is 25.2. The van der Waals surface area contributed by atoms with E-state index in [2.05, 4.69) is 54.7 Å². The number of ether oxygens (including phenoxy) is 2. The Morgan fingerprint density at radius 1 is 1.16 bits per heavy atom. The highest BCUT2D eigenvalue weighted by Gasteiger charge is 2.18. The van der Waals surface area contributed by atoms with E-state index >= 15 is 0 Å². The summed E-state index contributed by atoms with van der Waals surface area (Å²) in [5, 5.41) is 2.95. The Morgan fingerprint density at radius 2 is 1.86 bits per heavy atom. The molecule has 6 nitrogen and oxygen atoms in total. The van der Waals surface area contributed by atoms with Gasteiger partial charge in [0.2, 0.25) is 0 Å². The number of nitrogens with one attached hydrogen (secondary N) is 1. The van der Waals surface area contributed by atoms with Crippen LogP contribution in [0.15, 0.2) is 35.0 Å². The standard InChI is InChI=1S/C26H44N2O3S.C2H4O.C2H6/c1-4-22(3)25(5-2)31-26(29)27-17-14-19-28-18-11-9-7-6-8-10-12-20-30-23-15-13-16-24(21-23)32-28;1-2-3;1-2/h6,8,16,21-22,25H,4-5,7,9-15,17-20H2,1-3H3,(H,27,29);2H,1H3;1-2H3/b8-6+;;. The largest absolute Gasteiger partial charge is 0.498 e. The van der Waals surface area contributed by atoms with Crippen molar-refractivity contribution in [2.75, 3.05) is 26.2 Å². The molecule has 2 rings (SSSR count). The van der Waals surface area contributed by atoms with Crippen molar-refractivity contribution in [3.63, 3.8) is 0 Å². The Morgan fingerprint density at radius 3 is 2.54 bits per heavy atom. The Hall–Kier alpha value is -1.73. The summed E-state index contributed by atoms with van der Waals surface area (Å²) < 4.78 is 14.1. The van der Waals surface area contributed by atoms with Crippen LogP contribution in [0.4, 0.5) is 4.79 Å². The lowest BCUT2D eigenvalue weighted by molar-refractivity contribution is -0.106. The van der Waals surface area contributed by atoms with Gasteiger partial charge >= 0.3 is 6.09 Å². The van der Waals surface area contributed by atoms with Crippen molar-refractivity contribution < 1.29 is 19.1 Å². The molecule has 0 radical (unpaired) electrons. The molecule has 214 valence electrons. The van der Waals surface area contributed by atoms with E-state index in [9.17, 15) is 4.79 Å². The molecule has 2 aliphatic rings. The SMILES string of the molecule is CC.CC=O.CCC(C)C(CC)OC(=O)NCCCN1CCCC/C=C/CCCOC2=CC(=CCC2)S1. The predicted octanol–water partition coefficient (Wildman–Crippen LogP) is 8.21. The molecule has 7 heteroatoms. The summed E-state index contributed by atoms with van der Waals surface area (Å²) in [6.45, 7) is 15.2. The van der Waals surface area contributed by atoms with Crippen molar-refractivity contribution in [2.45, 2.75) is 112 Å². The molecule has 2 bridgehead atoms. The van der Waals surface area contributed by atoms with Gasteiger partial charge in [0.05, 0.1) is 12.4 Å². The van der Waals surface area contributed by atoms with Crippen LogP contribution in [0.3, 0.4) is 0 Å². The normalized spacial score (nSPS) is 19.2. The van der Waals surface area contributed by atoms with Gasteiger partial charge in [-0.1, -0.05) is 59.3 Å². The fourth-order valence-electron chi connectivity index (χ4n) is 3.86.